The van der Waals surface area contributed by atoms with E-state index >= 15 is 0 Å². The number of halogens is 4. The number of carbonyl (C=O) groups is 5. The van der Waals surface area contributed by atoms with Gasteiger partial charge >= 0.3 is 13.2 Å². The van der Waals surface area contributed by atoms with Crippen molar-refractivity contribution in [3.8, 4) is 0 Å². The Bertz CT molecular complexity index is 1530. The summed E-state index contributed by atoms with van der Waals surface area (Å²) in [4.78, 5) is 68.9. The van der Waals surface area contributed by atoms with Crippen molar-refractivity contribution in [2.24, 2.45) is 0 Å². The molecule has 0 radical (unpaired) electrons. The quantitative estimate of drug-likeness (QED) is 0.0998. The molecule has 0 aliphatic carbocycles. The molecule has 2 saturated heterocycles. The Morgan fingerprint density at radius 3 is 1.70 bits per heavy atom. The number of alkyl halides is 4. The molecule has 2 aliphatic rings. The highest BCUT2D eigenvalue weighted by molar-refractivity contribution is 5.99. The lowest BCUT2D eigenvalue weighted by atomic mass is 9.94. The lowest BCUT2D eigenvalue weighted by Crippen LogP contribution is -2.60. The molecule has 2 fully saturated rings. The minimum absolute atomic E-state index is 0.0106. The zero-order chi connectivity index (χ0) is 39.1. The SMILES string of the molecule is C[C@@]1(C(=O)[C@H](Cc2ccccc2)NC(=O)[C@H](COC(F)F)NC(=O)[C@H](COC(F)F)NC(=O)[C@H](CCc2ccccc2)NC(=O)CN2CCOCC2)CO1. The molecule has 2 aromatic rings. The molecule has 2 heterocycles. The molecule has 4 rings (SSSR count). The van der Waals surface area contributed by atoms with Crippen LogP contribution in [0.1, 0.15) is 24.5 Å². The van der Waals surface area contributed by atoms with E-state index in [1.54, 1.807) is 60.7 Å². The van der Waals surface area contributed by atoms with Crippen molar-refractivity contribution in [2.45, 2.75) is 69.2 Å². The van der Waals surface area contributed by atoms with Crippen LogP contribution in [0, 0.1) is 0 Å². The Hall–Kier alpha value is -4.49. The van der Waals surface area contributed by atoms with Gasteiger partial charge in [0.05, 0.1) is 45.6 Å². The molecule has 2 aliphatic heterocycles. The summed E-state index contributed by atoms with van der Waals surface area (Å²) in [5.41, 5.74) is 0.282. The number of aryl methyl sites for hydroxylation is 1. The standard InChI is InChI=1S/C36H45F4N5O9/c1-36(22-54-36)30(47)26(18-24-10-6-3-7-11-24)42-32(49)27(20-52-34(37)38)44-33(50)28(21-53-35(39)40)43-31(48)25(13-12-23-8-4-2-5-9-23)41-29(46)19-45-14-16-51-17-15-45/h2-11,25-28,34-35H,12-22H2,1H3,(H,41,46)(H,42,49)(H,43,48)(H,44,50)/t25-,26-,27-,28-,36-/m0/s1. The number of nitrogens with one attached hydrogen (secondary N) is 4. The summed E-state index contributed by atoms with van der Waals surface area (Å²) in [7, 11) is 0. The van der Waals surface area contributed by atoms with Gasteiger partial charge in [0.1, 0.15) is 23.7 Å². The first-order chi connectivity index (χ1) is 25.8. The highest BCUT2D eigenvalue weighted by Crippen LogP contribution is 2.29. The molecule has 0 saturated carbocycles. The fourth-order valence-corrected chi connectivity index (χ4v) is 5.63. The van der Waals surface area contributed by atoms with Gasteiger partial charge in [-0.05, 0) is 37.3 Å². The summed E-state index contributed by atoms with van der Waals surface area (Å²) in [6.07, 6.45) is 0.339. The van der Waals surface area contributed by atoms with E-state index in [1.165, 1.54) is 6.92 Å². The molecule has 296 valence electrons. The van der Waals surface area contributed by atoms with Gasteiger partial charge in [-0.1, -0.05) is 60.7 Å². The lowest BCUT2D eigenvalue weighted by molar-refractivity contribution is -0.154. The molecular weight excluding hydrogens is 722 g/mol. The van der Waals surface area contributed by atoms with Gasteiger partial charge in [-0.25, -0.2) is 0 Å². The Labute approximate surface area is 309 Å². The predicted molar refractivity (Wildman–Crippen MR) is 183 cm³/mol. The minimum atomic E-state index is -3.38. The first kappa shape index (κ1) is 42.3. The number of hydrogen-bond donors (Lipinski definition) is 4. The molecule has 4 N–H and O–H groups in total. The number of benzene rings is 2. The molecule has 14 nitrogen and oxygen atoms in total. The molecule has 5 atom stereocenters. The fourth-order valence-electron chi connectivity index (χ4n) is 5.63. The highest BCUT2D eigenvalue weighted by Gasteiger charge is 2.50. The van der Waals surface area contributed by atoms with Crippen LogP contribution >= 0.6 is 0 Å². The highest BCUT2D eigenvalue weighted by atomic mass is 19.3. The van der Waals surface area contributed by atoms with E-state index in [1.807, 2.05) is 4.90 Å². The van der Waals surface area contributed by atoms with Crippen molar-refractivity contribution >= 4 is 29.4 Å². The molecule has 0 aromatic heterocycles. The number of Topliss-reactive ketones (excluding diaryl/α,β-unsaturated/α-hetero) is 1. The topological polar surface area (TPSA) is 177 Å². The van der Waals surface area contributed by atoms with E-state index in [0.29, 0.717) is 38.3 Å². The zero-order valence-electron chi connectivity index (χ0n) is 29.6. The fraction of sp³-hybridized carbons (Fsp3) is 0.528. The van der Waals surface area contributed by atoms with Gasteiger partial charge in [0.15, 0.2) is 5.78 Å². The van der Waals surface area contributed by atoms with E-state index in [0.717, 1.165) is 5.56 Å². The first-order valence-corrected chi connectivity index (χ1v) is 17.4. The summed E-state index contributed by atoms with van der Waals surface area (Å²) in [5.74, 6) is -4.34. The van der Waals surface area contributed by atoms with Crippen LogP contribution in [0.4, 0.5) is 17.6 Å². The summed E-state index contributed by atoms with van der Waals surface area (Å²) >= 11 is 0. The Balaban J connectivity index is 1.50. The van der Waals surface area contributed by atoms with E-state index in [4.69, 9.17) is 9.47 Å². The van der Waals surface area contributed by atoms with Crippen molar-refractivity contribution < 1.29 is 60.5 Å². The average Bonchev–Trinajstić information content (AvgIpc) is 3.91. The number of amides is 4. The van der Waals surface area contributed by atoms with Crippen LogP contribution in [0.3, 0.4) is 0 Å². The van der Waals surface area contributed by atoms with Crippen LogP contribution in [0.5, 0.6) is 0 Å². The Kier molecular flexibility index (Phi) is 16.3. The average molecular weight is 768 g/mol. The molecule has 18 heteroatoms. The summed E-state index contributed by atoms with van der Waals surface area (Å²) < 4.78 is 72.0. The van der Waals surface area contributed by atoms with Crippen LogP contribution in [-0.2, 0) is 55.8 Å². The molecule has 0 spiro atoms. The maximum absolute atomic E-state index is 13.6. The number of ether oxygens (including phenoxy) is 4. The number of epoxide rings is 1. The Morgan fingerprint density at radius 2 is 1.20 bits per heavy atom. The molecule has 0 unspecified atom stereocenters. The number of morpholine rings is 1. The van der Waals surface area contributed by atoms with Crippen LogP contribution in [0.2, 0.25) is 0 Å². The van der Waals surface area contributed by atoms with Crippen molar-refractivity contribution in [2.75, 3.05) is 52.7 Å². The van der Waals surface area contributed by atoms with Crippen LogP contribution in [-0.4, -0.2) is 130 Å². The van der Waals surface area contributed by atoms with Gasteiger partial charge in [-0.2, -0.15) is 17.6 Å². The summed E-state index contributed by atoms with van der Waals surface area (Å²) in [5, 5.41) is 9.57. The third-order valence-electron chi connectivity index (χ3n) is 8.75. The number of carbonyl (C=O) groups excluding carboxylic acids is 5. The lowest BCUT2D eigenvalue weighted by Gasteiger charge is -2.28. The largest absolute Gasteiger partial charge is 0.379 e. The van der Waals surface area contributed by atoms with Crippen molar-refractivity contribution in [3.63, 3.8) is 0 Å². The second-order valence-corrected chi connectivity index (χ2v) is 13.0. The Morgan fingerprint density at radius 1 is 0.722 bits per heavy atom. The monoisotopic (exact) mass is 767 g/mol. The van der Waals surface area contributed by atoms with E-state index in [9.17, 15) is 41.5 Å². The third kappa shape index (κ3) is 14.1. The van der Waals surface area contributed by atoms with E-state index in [-0.39, 0.29) is 26.0 Å². The first-order valence-electron chi connectivity index (χ1n) is 17.4. The number of rotatable bonds is 22. The molecule has 0 bridgehead atoms. The van der Waals surface area contributed by atoms with Gasteiger partial charge < -0.3 is 40.2 Å². The normalized spacial score (nSPS) is 19.3. The van der Waals surface area contributed by atoms with Gasteiger partial charge in [0, 0.05) is 13.1 Å². The minimum Gasteiger partial charge on any atom is -0.379 e. The van der Waals surface area contributed by atoms with Crippen molar-refractivity contribution in [1.82, 2.24) is 26.2 Å². The zero-order valence-corrected chi connectivity index (χ0v) is 29.6. The smallest absolute Gasteiger partial charge is 0.345 e. The second-order valence-electron chi connectivity index (χ2n) is 13.0. The second kappa shape index (κ2) is 20.8. The summed E-state index contributed by atoms with van der Waals surface area (Å²) in [6, 6.07) is 11.3. The number of hydrogen-bond acceptors (Lipinski definition) is 10. The van der Waals surface area contributed by atoms with Gasteiger partial charge in [-0.15, -0.1) is 0 Å². The van der Waals surface area contributed by atoms with Gasteiger partial charge in [0.25, 0.3) is 0 Å². The van der Waals surface area contributed by atoms with E-state index in [2.05, 4.69) is 30.7 Å². The molecule has 2 aromatic carbocycles. The van der Waals surface area contributed by atoms with Crippen LogP contribution < -0.4 is 21.3 Å². The van der Waals surface area contributed by atoms with Gasteiger partial charge in [0.2, 0.25) is 23.6 Å². The van der Waals surface area contributed by atoms with Crippen LogP contribution in [0.15, 0.2) is 60.7 Å². The van der Waals surface area contributed by atoms with Gasteiger partial charge in [-0.3, -0.25) is 28.9 Å². The predicted octanol–water partition coefficient (Wildman–Crippen LogP) is 0.970. The van der Waals surface area contributed by atoms with Crippen molar-refractivity contribution in [3.05, 3.63) is 71.8 Å². The maximum Gasteiger partial charge on any atom is 0.345 e. The summed E-state index contributed by atoms with van der Waals surface area (Å²) in [6.45, 7) is -5.58. The third-order valence-corrected chi connectivity index (χ3v) is 8.75. The maximum atomic E-state index is 13.6. The van der Waals surface area contributed by atoms with Crippen LogP contribution in [0.25, 0.3) is 0 Å². The molecule has 54 heavy (non-hydrogen) atoms. The van der Waals surface area contributed by atoms with E-state index < -0.39 is 85.6 Å². The number of nitrogens with zero attached hydrogens (tertiary/aromatic N) is 1. The number of ketones is 1. The van der Waals surface area contributed by atoms with Crippen molar-refractivity contribution in [1.29, 1.82) is 0 Å². The molecule has 4 amide bonds. The molecular formula is C36H45F4N5O9.